The molecule has 0 radical (unpaired) electrons. The number of nitrogens with one attached hydrogen (secondary N) is 1. The van der Waals surface area contributed by atoms with Gasteiger partial charge in [-0.15, -0.1) is 0 Å². The van der Waals surface area contributed by atoms with Gasteiger partial charge >= 0.3 is 0 Å². The number of halogens is 3. The van der Waals surface area contributed by atoms with E-state index in [9.17, 15) is 9.59 Å². The van der Waals surface area contributed by atoms with E-state index in [-0.39, 0.29) is 12.5 Å². The number of hydrogen-bond donors (Lipinski definition) is 1. The molecule has 8 nitrogen and oxygen atoms in total. The summed E-state index contributed by atoms with van der Waals surface area (Å²) in [5.41, 5.74) is 2.40. The molecule has 1 aliphatic heterocycles. The van der Waals surface area contributed by atoms with Crippen molar-refractivity contribution >= 4 is 52.3 Å². The summed E-state index contributed by atoms with van der Waals surface area (Å²) in [4.78, 5) is 31.0. The van der Waals surface area contributed by atoms with Crippen LogP contribution in [-0.4, -0.2) is 79.2 Å². The average Bonchev–Trinajstić information content (AvgIpc) is 3.45. The van der Waals surface area contributed by atoms with E-state index in [0.717, 1.165) is 30.8 Å². The zero-order chi connectivity index (χ0) is 32.6. The minimum Gasteiger partial charge on any atom is -0.493 e. The van der Waals surface area contributed by atoms with Gasteiger partial charge in [0.1, 0.15) is 6.61 Å². The molecule has 244 valence electrons. The monoisotopic (exact) mass is 685 g/mol. The summed E-state index contributed by atoms with van der Waals surface area (Å²) in [6.45, 7) is 4.65. The fourth-order valence-electron chi connectivity index (χ4n) is 5.86. The van der Waals surface area contributed by atoms with Crippen LogP contribution in [0.5, 0.6) is 11.5 Å². The van der Waals surface area contributed by atoms with Crippen LogP contribution in [0.3, 0.4) is 0 Å². The highest BCUT2D eigenvalue weighted by atomic mass is 35.6. The highest BCUT2D eigenvalue weighted by molar-refractivity contribution is 6.76. The van der Waals surface area contributed by atoms with E-state index in [0.29, 0.717) is 61.8 Å². The number of morpholine rings is 1. The van der Waals surface area contributed by atoms with Gasteiger partial charge in [0.15, 0.2) is 11.5 Å². The summed E-state index contributed by atoms with van der Waals surface area (Å²) >= 11 is 17.9. The highest BCUT2D eigenvalue weighted by Gasteiger charge is 2.41. The molecule has 1 unspecified atom stereocenters. The molecule has 3 aromatic carbocycles. The highest BCUT2D eigenvalue weighted by Crippen LogP contribution is 2.37. The zero-order valence-electron chi connectivity index (χ0n) is 25.7. The van der Waals surface area contributed by atoms with Gasteiger partial charge in [-0.2, -0.15) is 0 Å². The lowest BCUT2D eigenvalue weighted by molar-refractivity contribution is -0.121. The van der Waals surface area contributed by atoms with Gasteiger partial charge in [-0.1, -0.05) is 95.0 Å². The number of carbonyl (C=O) groups is 2. The molecule has 46 heavy (non-hydrogen) atoms. The van der Waals surface area contributed by atoms with Crippen molar-refractivity contribution in [1.82, 2.24) is 10.2 Å². The standard InChI is InChI=1S/C35H38Cl3N3O5/c1-44-30-13-12-29(22-31(30)46-21-18-40-16-19-45-20-17-40)41(32(42)28-10-6-3-7-11-28)25-27-14-15-34(24-27,39-33(43)35(36,37)38)23-26-8-4-2-5-9-26/h2-13,22,24H,14-21,23,25H2,1H3,(H,39,43). The van der Waals surface area contributed by atoms with Gasteiger partial charge in [-0.3, -0.25) is 14.5 Å². The number of alkyl halides is 3. The molecule has 2 aliphatic rings. The summed E-state index contributed by atoms with van der Waals surface area (Å²) in [6, 6.07) is 24.5. The number of anilines is 1. The smallest absolute Gasteiger partial charge is 0.272 e. The van der Waals surface area contributed by atoms with Crippen molar-refractivity contribution in [2.45, 2.75) is 28.6 Å². The molecule has 2 amide bonds. The molecule has 0 bridgehead atoms. The second-order valence-electron chi connectivity index (χ2n) is 11.5. The Labute approximate surface area is 285 Å². The zero-order valence-corrected chi connectivity index (χ0v) is 28.0. The number of rotatable bonds is 12. The molecular formula is C35H38Cl3N3O5. The topological polar surface area (TPSA) is 80.3 Å². The molecule has 5 rings (SSSR count). The van der Waals surface area contributed by atoms with Crippen LogP contribution in [0.1, 0.15) is 28.8 Å². The Hall–Kier alpha value is -3.27. The van der Waals surface area contributed by atoms with Crippen molar-refractivity contribution in [3.05, 3.63) is 102 Å². The first-order chi connectivity index (χ1) is 22.2. The van der Waals surface area contributed by atoms with Crippen molar-refractivity contribution in [2.24, 2.45) is 0 Å². The van der Waals surface area contributed by atoms with Gasteiger partial charge in [0.25, 0.3) is 15.6 Å². The summed E-state index contributed by atoms with van der Waals surface area (Å²) in [6.07, 6.45) is 3.73. The van der Waals surface area contributed by atoms with Crippen LogP contribution in [0, 0.1) is 0 Å². The Morgan fingerprint density at radius 2 is 1.67 bits per heavy atom. The number of amides is 2. The van der Waals surface area contributed by atoms with E-state index in [1.165, 1.54) is 0 Å². The predicted octanol–water partition coefficient (Wildman–Crippen LogP) is 6.24. The van der Waals surface area contributed by atoms with Gasteiger partial charge in [-0.05, 0) is 49.1 Å². The summed E-state index contributed by atoms with van der Waals surface area (Å²) in [5.74, 6) is 0.260. The van der Waals surface area contributed by atoms with E-state index in [1.807, 2.05) is 72.8 Å². The number of nitrogens with zero attached hydrogens (tertiary/aromatic N) is 2. The van der Waals surface area contributed by atoms with Crippen LogP contribution in [0.15, 0.2) is 90.5 Å². The van der Waals surface area contributed by atoms with Crippen LogP contribution in [0.4, 0.5) is 5.69 Å². The Kier molecular flexibility index (Phi) is 11.5. The maximum Gasteiger partial charge on any atom is 0.272 e. The summed E-state index contributed by atoms with van der Waals surface area (Å²) in [7, 11) is 1.60. The lowest BCUT2D eigenvalue weighted by Gasteiger charge is -2.30. The molecule has 1 aliphatic carbocycles. The van der Waals surface area contributed by atoms with Gasteiger partial charge < -0.3 is 24.4 Å². The fraction of sp³-hybridized carbons (Fsp3) is 0.371. The van der Waals surface area contributed by atoms with Gasteiger partial charge in [0.2, 0.25) is 0 Å². The van der Waals surface area contributed by atoms with E-state index in [2.05, 4.69) is 10.2 Å². The fourth-order valence-corrected chi connectivity index (χ4v) is 6.00. The predicted molar refractivity (Wildman–Crippen MR) is 182 cm³/mol. The number of carbonyl (C=O) groups excluding carboxylic acids is 2. The third-order valence-corrected chi connectivity index (χ3v) is 8.72. The number of ether oxygens (including phenoxy) is 3. The normalized spacial score (nSPS) is 18.5. The summed E-state index contributed by atoms with van der Waals surface area (Å²) in [5, 5.41) is 3.00. The summed E-state index contributed by atoms with van der Waals surface area (Å²) < 4.78 is 15.1. The lowest BCUT2D eigenvalue weighted by atomic mass is 9.90. The Morgan fingerprint density at radius 1 is 0.978 bits per heavy atom. The van der Waals surface area contributed by atoms with E-state index < -0.39 is 15.2 Å². The lowest BCUT2D eigenvalue weighted by Crippen LogP contribution is -2.51. The first-order valence-corrected chi connectivity index (χ1v) is 16.4. The van der Waals surface area contributed by atoms with Gasteiger partial charge in [0.05, 0.1) is 25.9 Å². The van der Waals surface area contributed by atoms with Crippen LogP contribution in [-0.2, 0) is 16.0 Å². The van der Waals surface area contributed by atoms with Crippen molar-refractivity contribution in [1.29, 1.82) is 0 Å². The van der Waals surface area contributed by atoms with Crippen molar-refractivity contribution in [3.63, 3.8) is 0 Å². The van der Waals surface area contributed by atoms with Gasteiger partial charge in [-0.25, -0.2) is 0 Å². The van der Waals surface area contributed by atoms with Crippen LogP contribution in [0.25, 0.3) is 0 Å². The Balaban J connectivity index is 1.44. The molecule has 1 heterocycles. The van der Waals surface area contributed by atoms with Crippen molar-refractivity contribution in [2.75, 3.05) is 58.0 Å². The number of hydrogen-bond acceptors (Lipinski definition) is 6. The Bertz CT molecular complexity index is 1510. The van der Waals surface area contributed by atoms with Crippen LogP contribution in [0.2, 0.25) is 0 Å². The van der Waals surface area contributed by atoms with E-state index >= 15 is 0 Å². The molecule has 1 saturated heterocycles. The first-order valence-electron chi connectivity index (χ1n) is 15.3. The molecule has 1 N–H and O–H groups in total. The SMILES string of the molecule is COc1ccc(N(CC2=CC(Cc3ccccc3)(NC(=O)C(Cl)(Cl)Cl)CC2)C(=O)c2ccccc2)cc1OCCN1CCOCC1. The second-order valence-corrected chi connectivity index (χ2v) is 13.7. The molecule has 3 aromatic rings. The van der Waals surface area contributed by atoms with E-state index in [1.54, 1.807) is 24.1 Å². The molecule has 1 fully saturated rings. The van der Waals surface area contributed by atoms with Crippen LogP contribution < -0.4 is 19.7 Å². The maximum atomic E-state index is 14.1. The molecule has 1 atom stereocenters. The van der Waals surface area contributed by atoms with Gasteiger partial charge in [0, 0.05) is 43.5 Å². The van der Waals surface area contributed by atoms with Crippen LogP contribution >= 0.6 is 34.8 Å². The average molecular weight is 687 g/mol. The quantitative estimate of drug-likeness (QED) is 0.180. The molecule has 11 heteroatoms. The third kappa shape index (κ3) is 8.96. The third-order valence-electron chi connectivity index (χ3n) is 8.21. The largest absolute Gasteiger partial charge is 0.493 e. The van der Waals surface area contributed by atoms with E-state index in [4.69, 9.17) is 49.0 Å². The van der Waals surface area contributed by atoms with Crippen molar-refractivity contribution in [3.8, 4) is 11.5 Å². The molecule has 0 spiro atoms. The van der Waals surface area contributed by atoms with Crippen molar-refractivity contribution < 1.29 is 23.8 Å². The molecule has 0 aromatic heterocycles. The minimum absolute atomic E-state index is 0.170. The maximum absolute atomic E-state index is 14.1. The Morgan fingerprint density at radius 3 is 2.35 bits per heavy atom. The number of methoxy groups -OCH3 is 1. The number of benzene rings is 3. The minimum atomic E-state index is -2.11. The molecule has 0 saturated carbocycles. The first kappa shape index (κ1) is 34.1. The molecular weight excluding hydrogens is 649 g/mol. The second kappa shape index (κ2) is 15.5.